The molecular weight excluding hydrogens is 362 g/mol. The summed E-state index contributed by atoms with van der Waals surface area (Å²) in [5.74, 6) is 0. The predicted molar refractivity (Wildman–Crippen MR) is 104 cm³/mol. The van der Waals surface area contributed by atoms with E-state index < -0.39 is 6.10 Å². The molecule has 2 nitrogen and oxygen atoms in total. The van der Waals surface area contributed by atoms with Crippen LogP contribution < -0.4 is 0 Å². The van der Waals surface area contributed by atoms with Gasteiger partial charge in [-0.25, -0.2) is 0 Å². The summed E-state index contributed by atoms with van der Waals surface area (Å²) in [6.07, 6.45) is 7.23. The number of aliphatic hydroxyl groups excluding tert-OH is 1. The van der Waals surface area contributed by atoms with Crippen LogP contribution in [-0.2, 0) is 0 Å². The molecular formula is C21H22BrNO. The van der Waals surface area contributed by atoms with Crippen molar-refractivity contribution in [3.05, 3.63) is 87.9 Å². The molecule has 0 saturated carbocycles. The number of hydrogen-bond acceptors (Lipinski definition) is 2. The van der Waals surface area contributed by atoms with E-state index in [-0.39, 0.29) is 0 Å². The molecule has 1 atom stereocenters. The Hall–Kier alpha value is -1.68. The number of allylic oxidation sites excluding steroid dienone is 1. The summed E-state index contributed by atoms with van der Waals surface area (Å²) in [7, 11) is 0. The van der Waals surface area contributed by atoms with Crippen LogP contribution in [0.3, 0.4) is 0 Å². The highest BCUT2D eigenvalue weighted by Gasteiger charge is 2.15. The van der Waals surface area contributed by atoms with Crippen LogP contribution in [0.25, 0.3) is 6.08 Å². The van der Waals surface area contributed by atoms with Crippen LogP contribution in [0.4, 0.5) is 0 Å². The zero-order valence-corrected chi connectivity index (χ0v) is 15.2. The lowest BCUT2D eigenvalue weighted by atomic mass is 10.0. The number of β-amino-alcohol motifs (C(OH)–C–C–N with tert-alkyl or cyclic N) is 1. The Balaban J connectivity index is 1.53. The maximum Gasteiger partial charge on any atom is 0.0917 e. The number of aliphatic hydroxyl groups is 1. The van der Waals surface area contributed by atoms with Crippen LogP contribution in [0.15, 0.2) is 76.8 Å². The third-order valence-electron chi connectivity index (χ3n) is 4.30. The van der Waals surface area contributed by atoms with Crippen molar-refractivity contribution in [1.29, 1.82) is 0 Å². The quantitative estimate of drug-likeness (QED) is 0.799. The van der Waals surface area contributed by atoms with Gasteiger partial charge in [-0.3, -0.25) is 4.90 Å². The highest BCUT2D eigenvalue weighted by Crippen LogP contribution is 2.19. The summed E-state index contributed by atoms with van der Waals surface area (Å²) in [5, 5.41) is 10.3. The van der Waals surface area contributed by atoms with E-state index in [1.165, 1.54) is 11.1 Å². The Morgan fingerprint density at radius 3 is 2.46 bits per heavy atom. The molecule has 1 aliphatic rings. The molecule has 0 saturated heterocycles. The second-order valence-electron chi connectivity index (χ2n) is 6.10. The van der Waals surface area contributed by atoms with Gasteiger partial charge >= 0.3 is 0 Å². The molecule has 24 heavy (non-hydrogen) atoms. The Kier molecular flexibility index (Phi) is 6.02. The Morgan fingerprint density at radius 1 is 1.04 bits per heavy atom. The Bertz CT molecular complexity index is 706. The number of halogens is 1. The smallest absolute Gasteiger partial charge is 0.0917 e. The van der Waals surface area contributed by atoms with Gasteiger partial charge in [0.1, 0.15) is 0 Å². The highest BCUT2D eigenvalue weighted by molar-refractivity contribution is 9.10. The van der Waals surface area contributed by atoms with Crippen LogP contribution in [0, 0.1) is 0 Å². The number of benzene rings is 2. The van der Waals surface area contributed by atoms with Crippen molar-refractivity contribution in [1.82, 2.24) is 4.90 Å². The van der Waals surface area contributed by atoms with Crippen molar-refractivity contribution < 1.29 is 5.11 Å². The molecule has 0 unspecified atom stereocenters. The van der Waals surface area contributed by atoms with Gasteiger partial charge in [0.15, 0.2) is 0 Å². The summed E-state index contributed by atoms with van der Waals surface area (Å²) < 4.78 is 1.10. The maximum atomic E-state index is 10.3. The average molecular weight is 384 g/mol. The fourth-order valence-corrected chi connectivity index (χ4v) is 3.11. The first-order chi connectivity index (χ1) is 11.7. The van der Waals surface area contributed by atoms with E-state index in [9.17, 15) is 5.11 Å². The largest absolute Gasteiger partial charge is 0.387 e. The van der Waals surface area contributed by atoms with Crippen molar-refractivity contribution in [2.45, 2.75) is 12.5 Å². The van der Waals surface area contributed by atoms with Crippen LogP contribution in [0.5, 0.6) is 0 Å². The fourth-order valence-electron chi connectivity index (χ4n) is 2.85. The minimum Gasteiger partial charge on any atom is -0.387 e. The second kappa shape index (κ2) is 8.43. The zero-order chi connectivity index (χ0) is 16.8. The predicted octanol–water partition coefficient (Wildman–Crippen LogP) is 4.83. The van der Waals surface area contributed by atoms with Gasteiger partial charge in [-0.05, 0) is 35.3 Å². The molecule has 3 heteroatoms. The average Bonchev–Trinajstić information content (AvgIpc) is 2.63. The van der Waals surface area contributed by atoms with Crippen molar-refractivity contribution >= 4 is 22.0 Å². The molecule has 3 rings (SSSR count). The summed E-state index contributed by atoms with van der Waals surface area (Å²) in [5.41, 5.74) is 3.56. The zero-order valence-electron chi connectivity index (χ0n) is 13.6. The lowest BCUT2D eigenvalue weighted by Gasteiger charge is -2.27. The minimum atomic E-state index is -0.417. The van der Waals surface area contributed by atoms with Crippen LogP contribution >= 0.6 is 15.9 Å². The SMILES string of the molecule is O[C@H](CN1CC=C(/C=C/c2ccc(Br)cc2)CC1)c1ccccc1. The first-order valence-corrected chi connectivity index (χ1v) is 9.08. The van der Waals surface area contributed by atoms with Crippen molar-refractivity contribution in [3.8, 4) is 0 Å². The van der Waals surface area contributed by atoms with Gasteiger partial charge in [0.05, 0.1) is 6.10 Å². The molecule has 0 aliphatic carbocycles. The summed E-state index contributed by atoms with van der Waals surface area (Å²) in [4.78, 5) is 2.30. The van der Waals surface area contributed by atoms with Crippen molar-refractivity contribution in [2.24, 2.45) is 0 Å². The molecule has 0 bridgehead atoms. The lowest BCUT2D eigenvalue weighted by Crippen LogP contribution is -2.32. The minimum absolute atomic E-state index is 0.417. The van der Waals surface area contributed by atoms with E-state index in [1.807, 2.05) is 30.3 Å². The van der Waals surface area contributed by atoms with Gasteiger partial charge in [-0.2, -0.15) is 0 Å². The Labute approximate surface area is 152 Å². The van der Waals surface area contributed by atoms with Gasteiger partial charge in [0, 0.05) is 24.1 Å². The maximum absolute atomic E-state index is 10.3. The number of nitrogens with zero attached hydrogens (tertiary/aromatic N) is 1. The molecule has 2 aromatic rings. The fraction of sp³-hybridized carbons (Fsp3) is 0.238. The van der Waals surface area contributed by atoms with Crippen LogP contribution in [0.2, 0.25) is 0 Å². The van der Waals surface area contributed by atoms with Crippen molar-refractivity contribution in [3.63, 3.8) is 0 Å². The number of hydrogen-bond donors (Lipinski definition) is 1. The molecule has 0 spiro atoms. The highest BCUT2D eigenvalue weighted by atomic mass is 79.9. The van der Waals surface area contributed by atoms with E-state index in [0.717, 1.165) is 29.5 Å². The lowest BCUT2D eigenvalue weighted by molar-refractivity contribution is 0.118. The second-order valence-corrected chi connectivity index (χ2v) is 7.02. The molecule has 1 heterocycles. The molecule has 1 aliphatic heterocycles. The first kappa shape index (κ1) is 17.2. The van der Waals surface area contributed by atoms with E-state index in [0.29, 0.717) is 6.54 Å². The molecule has 0 aromatic heterocycles. The van der Waals surface area contributed by atoms with Crippen LogP contribution in [-0.4, -0.2) is 29.6 Å². The molecule has 1 N–H and O–H groups in total. The van der Waals surface area contributed by atoms with Crippen LogP contribution in [0.1, 0.15) is 23.7 Å². The molecule has 2 aromatic carbocycles. The summed E-state index contributed by atoms with van der Waals surface area (Å²) in [6, 6.07) is 18.2. The molecule has 0 fully saturated rings. The van der Waals surface area contributed by atoms with Gasteiger partial charge in [0.25, 0.3) is 0 Å². The standard InChI is InChI=1S/C21H22BrNO/c22-20-10-8-17(9-11-20)6-7-18-12-14-23(15-13-18)16-21(24)19-4-2-1-3-5-19/h1-12,21,24H,13-16H2/b7-6+/t21-/m1/s1. The van der Waals surface area contributed by atoms with E-state index in [2.05, 4.69) is 63.3 Å². The first-order valence-electron chi connectivity index (χ1n) is 8.29. The Morgan fingerprint density at radius 2 is 1.79 bits per heavy atom. The van der Waals surface area contributed by atoms with Crippen molar-refractivity contribution in [2.75, 3.05) is 19.6 Å². The summed E-state index contributed by atoms with van der Waals surface area (Å²) >= 11 is 3.45. The molecule has 0 amide bonds. The molecule has 0 radical (unpaired) electrons. The molecule has 124 valence electrons. The topological polar surface area (TPSA) is 23.5 Å². The van der Waals surface area contributed by atoms with Gasteiger partial charge in [0.2, 0.25) is 0 Å². The van der Waals surface area contributed by atoms with Gasteiger partial charge in [-0.1, -0.05) is 76.6 Å². The third-order valence-corrected chi connectivity index (χ3v) is 4.83. The van der Waals surface area contributed by atoms with E-state index in [4.69, 9.17) is 0 Å². The summed E-state index contributed by atoms with van der Waals surface area (Å²) in [6.45, 7) is 2.56. The van der Waals surface area contributed by atoms with Gasteiger partial charge in [-0.15, -0.1) is 0 Å². The van der Waals surface area contributed by atoms with E-state index >= 15 is 0 Å². The van der Waals surface area contributed by atoms with Gasteiger partial charge < -0.3 is 5.11 Å². The number of rotatable bonds is 5. The monoisotopic (exact) mass is 383 g/mol. The normalized spacial score (nSPS) is 17.0. The van der Waals surface area contributed by atoms with E-state index in [1.54, 1.807) is 0 Å². The third kappa shape index (κ3) is 4.91.